The van der Waals surface area contributed by atoms with E-state index in [2.05, 4.69) is 0 Å². The largest absolute Gasteiger partial charge is 0.481 e. The van der Waals surface area contributed by atoms with E-state index in [-0.39, 0.29) is 18.1 Å². The number of hydrogen-bond donors (Lipinski definition) is 1. The van der Waals surface area contributed by atoms with Gasteiger partial charge in [0.05, 0.1) is 18.6 Å². The molecule has 0 radical (unpaired) electrons. The number of carboxylic acids is 1. The van der Waals surface area contributed by atoms with Gasteiger partial charge in [-0.15, -0.1) is 0 Å². The molecule has 7 heteroatoms. The number of aliphatic carboxylic acids is 1. The highest BCUT2D eigenvalue weighted by molar-refractivity contribution is 7.92. The summed E-state index contributed by atoms with van der Waals surface area (Å²) in [6.07, 6.45) is 1.67. The van der Waals surface area contributed by atoms with Gasteiger partial charge in [-0.2, -0.15) is 0 Å². The smallest absolute Gasteiger partial charge is 0.314 e. The molecule has 5 nitrogen and oxygen atoms in total. The molecule has 2 aliphatic rings. The van der Waals surface area contributed by atoms with E-state index in [9.17, 15) is 22.7 Å². The van der Waals surface area contributed by atoms with Crippen molar-refractivity contribution in [2.24, 2.45) is 0 Å². The highest BCUT2D eigenvalue weighted by Crippen LogP contribution is 2.44. The van der Waals surface area contributed by atoms with Gasteiger partial charge >= 0.3 is 5.97 Å². The predicted molar refractivity (Wildman–Crippen MR) is 71.4 cm³/mol. The first-order chi connectivity index (χ1) is 9.88. The zero-order valence-electron chi connectivity index (χ0n) is 11.2. The summed E-state index contributed by atoms with van der Waals surface area (Å²) >= 11 is 0. The molecule has 1 heterocycles. The maximum absolute atomic E-state index is 14.2. The van der Waals surface area contributed by atoms with Crippen molar-refractivity contribution in [1.29, 1.82) is 0 Å². The molecule has 2 fully saturated rings. The van der Waals surface area contributed by atoms with E-state index in [4.69, 9.17) is 4.74 Å². The van der Waals surface area contributed by atoms with Gasteiger partial charge in [0, 0.05) is 0 Å². The summed E-state index contributed by atoms with van der Waals surface area (Å²) in [4.78, 5) is 11.0. The Bertz CT molecular complexity index is 689. The molecule has 0 aromatic heterocycles. The van der Waals surface area contributed by atoms with Gasteiger partial charge in [-0.3, -0.25) is 4.79 Å². The Labute approximate surface area is 121 Å². The lowest BCUT2D eigenvalue weighted by molar-refractivity contribution is -0.147. The number of benzene rings is 1. The van der Waals surface area contributed by atoms with E-state index in [1.165, 1.54) is 12.1 Å². The van der Waals surface area contributed by atoms with Crippen molar-refractivity contribution in [3.8, 4) is 0 Å². The number of carboxylic acid groups (broad SMARTS) is 1. The van der Waals surface area contributed by atoms with Crippen LogP contribution in [0.25, 0.3) is 0 Å². The summed E-state index contributed by atoms with van der Waals surface area (Å²) in [7, 11) is -3.75. The molecular weight excluding hydrogens is 299 g/mol. The molecule has 0 amide bonds. The molecule has 1 aliphatic heterocycles. The van der Waals surface area contributed by atoms with Crippen LogP contribution in [0.1, 0.15) is 24.8 Å². The second-order valence-electron chi connectivity index (χ2n) is 5.59. The first kappa shape index (κ1) is 14.5. The van der Waals surface area contributed by atoms with E-state index in [0.717, 1.165) is 12.5 Å². The minimum atomic E-state index is -3.75. The summed E-state index contributed by atoms with van der Waals surface area (Å²) in [5.74, 6) is -1.87. The average molecular weight is 314 g/mol. The van der Waals surface area contributed by atoms with Crippen molar-refractivity contribution in [2.45, 2.75) is 34.8 Å². The van der Waals surface area contributed by atoms with Crippen molar-refractivity contribution in [3.63, 3.8) is 0 Å². The van der Waals surface area contributed by atoms with Crippen molar-refractivity contribution >= 4 is 15.8 Å². The van der Waals surface area contributed by atoms with Crippen LogP contribution in [0.15, 0.2) is 23.1 Å². The lowest BCUT2D eigenvalue weighted by Crippen LogP contribution is -2.43. The van der Waals surface area contributed by atoms with Crippen molar-refractivity contribution < 1.29 is 27.4 Å². The molecule has 1 saturated heterocycles. The molecular formula is C14H15FO5S. The number of sulfone groups is 1. The third kappa shape index (κ3) is 2.06. The Balaban J connectivity index is 1.99. The summed E-state index contributed by atoms with van der Waals surface area (Å²) in [5, 5.41) is 8.62. The molecule has 0 spiro atoms. The van der Waals surface area contributed by atoms with Gasteiger partial charge in [0.2, 0.25) is 0 Å². The van der Waals surface area contributed by atoms with Gasteiger partial charge in [-0.05, 0) is 30.5 Å². The van der Waals surface area contributed by atoms with Crippen LogP contribution in [0.2, 0.25) is 0 Å². The van der Waals surface area contributed by atoms with E-state index in [1.807, 2.05) is 0 Å². The van der Waals surface area contributed by atoms with Gasteiger partial charge in [0.1, 0.15) is 16.0 Å². The minimum Gasteiger partial charge on any atom is -0.481 e. The Hall–Kier alpha value is -1.47. The normalized spacial score (nSPS) is 21.4. The van der Waals surface area contributed by atoms with Gasteiger partial charge < -0.3 is 9.84 Å². The van der Waals surface area contributed by atoms with Crippen molar-refractivity contribution in [3.05, 3.63) is 29.6 Å². The fourth-order valence-corrected chi connectivity index (χ4v) is 4.26. The summed E-state index contributed by atoms with van der Waals surface area (Å²) in [5.41, 5.74) is -0.731. The van der Waals surface area contributed by atoms with E-state index >= 15 is 0 Å². The Kier molecular flexibility index (Phi) is 3.29. The minimum absolute atomic E-state index is 0.0720. The van der Waals surface area contributed by atoms with Crippen molar-refractivity contribution in [1.82, 2.24) is 0 Å². The highest BCUT2D eigenvalue weighted by atomic mass is 32.2. The third-order valence-electron chi connectivity index (χ3n) is 4.45. The van der Waals surface area contributed by atoms with Crippen molar-refractivity contribution in [2.75, 3.05) is 13.2 Å². The molecule has 1 N–H and O–H groups in total. The second kappa shape index (κ2) is 4.78. The van der Waals surface area contributed by atoms with Gasteiger partial charge in [0.25, 0.3) is 0 Å². The van der Waals surface area contributed by atoms with Crippen LogP contribution < -0.4 is 0 Å². The zero-order valence-corrected chi connectivity index (χ0v) is 12.0. The number of ether oxygens (including phenoxy) is 1. The molecule has 1 aliphatic carbocycles. The summed E-state index contributed by atoms with van der Waals surface area (Å²) in [6, 6.07) is 3.66. The van der Waals surface area contributed by atoms with Gasteiger partial charge in [-0.25, -0.2) is 12.8 Å². The van der Waals surface area contributed by atoms with E-state index in [1.54, 1.807) is 0 Å². The third-order valence-corrected chi connectivity index (χ3v) is 6.55. The topological polar surface area (TPSA) is 80.7 Å². The lowest BCUT2D eigenvalue weighted by Gasteiger charge is -2.38. The van der Waals surface area contributed by atoms with Gasteiger partial charge in [-0.1, -0.05) is 12.5 Å². The number of halogens is 1. The fraction of sp³-hybridized carbons (Fsp3) is 0.500. The first-order valence-electron chi connectivity index (χ1n) is 6.73. The molecule has 1 saturated carbocycles. The van der Waals surface area contributed by atoms with Crippen LogP contribution in [-0.2, 0) is 24.8 Å². The quantitative estimate of drug-likeness (QED) is 0.911. The number of rotatable bonds is 4. The maximum Gasteiger partial charge on any atom is 0.314 e. The fourth-order valence-electron chi connectivity index (χ4n) is 2.76. The van der Waals surface area contributed by atoms with Crippen LogP contribution in [0, 0.1) is 5.82 Å². The molecule has 1 aromatic carbocycles. The predicted octanol–water partition coefficient (Wildman–Crippen LogP) is 1.50. The number of hydrogen-bond acceptors (Lipinski definition) is 4. The van der Waals surface area contributed by atoms with Crippen LogP contribution in [-0.4, -0.2) is 38.0 Å². The van der Waals surface area contributed by atoms with Crippen LogP contribution in [0.5, 0.6) is 0 Å². The molecule has 3 rings (SSSR count). The molecule has 21 heavy (non-hydrogen) atoms. The summed E-state index contributed by atoms with van der Waals surface area (Å²) in [6.45, 7) is 0.144. The molecule has 114 valence electrons. The van der Waals surface area contributed by atoms with E-state index < -0.39 is 32.3 Å². The second-order valence-corrected chi connectivity index (χ2v) is 7.79. The zero-order chi connectivity index (χ0) is 15.3. The van der Waals surface area contributed by atoms with Crippen LogP contribution in [0.4, 0.5) is 4.39 Å². The lowest BCUT2D eigenvalue weighted by atomic mass is 9.64. The number of carbonyl (C=O) groups is 1. The molecule has 1 aromatic rings. The summed E-state index contributed by atoms with van der Waals surface area (Å²) < 4.78 is 43.4. The molecule has 0 unspecified atom stereocenters. The molecule has 0 bridgehead atoms. The Morgan fingerprint density at radius 3 is 2.38 bits per heavy atom. The van der Waals surface area contributed by atoms with E-state index in [0.29, 0.717) is 18.4 Å². The standard InChI is InChI=1S/C14H15FO5S/c15-11-6-9(14(13(16)17)4-1-5-14)2-3-12(11)21(18,19)10-7-20-8-10/h2-3,6,10H,1,4-5,7-8H2,(H,16,17). The highest BCUT2D eigenvalue weighted by Gasteiger charge is 2.46. The first-order valence-corrected chi connectivity index (χ1v) is 8.28. The van der Waals surface area contributed by atoms with Crippen LogP contribution in [0.3, 0.4) is 0 Å². The van der Waals surface area contributed by atoms with Crippen LogP contribution >= 0.6 is 0 Å². The SMILES string of the molecule is O=C(O)C1(c2ccc(S(=O)(=O)C3COC3)c(F)c2)CCC1. The molecule has 0 atom stereocenters. The average Bonchev–Trinajstić information content (AvgIpc) is 2.22. The monoisotopic (exact) mass is 314 g/mol. The Morgan fingerprint density at radius 2 is 2.00 bits per heavy atom. The Morgan fingerprint density at radius 1 is 1.33 bits per heavy atom. The van der Waals surface area contributed by atoms with Gasteiger partial charge in [0.15, 0.2) is 9.84 Å². The maximum atomic E-state index is 14.2.